The van der Waals surface area contributed by atoms with E-state index in [4.69, 9.17) is 4.74 Å². The minimum atomic E-state index is -0.0838. The smallest absolute Gasteiger partial charge is 0.272 e. The molecule has 3 heterocycles. The van der Waals surface area contributed by atoms with Crippen LogP contribution in [0.3, 0.4) is 0 Å². The molecule has 0 unspecified atom stereocenters. The van der Waals surface area contributed by atoms with Crippen molar-refractivity contribution in [2.45, 2.75) is 50.5 Å². The molecule has 1 aliphatic heterocycles. The highest BCUT2D eigenvalue weighted by atomic mass is 16.5. The fourth-order valence-corrected chi connectivity index (χ4v) is 3.92. The van der Waals surface area contributed by atoms with Gasteiger partial charge in [0, 0.05) is 32.8 Å². The highest BCUT2D eigenvalue weighted by Gasteiger charge is 2.35. The van der Waals surface area contributed by atoms with Crippen LogP contribution in [0.4, 0.5) is 0 Å². The molecule has 26 heavy (non-hydrogen) atoms. The van der Waals surface area contributed by atoms with Crippen molar-refractivity contribution in [2.24, 2.45) is 7.05 Å². The maximum atomic E-state index is 13.1. The summed E-state index contributed by atoms with van der Waals surface area (Å²) in [6.07, 6.45) is 6.18. The van der Waals surface area contributed by atoms with Crippen LogP contribution in [-0.4, -0.2) is 62.1 Å². The number of aromatic amines is 1. The van der Waals surface area contributed by atoms with Crippen molar-refractivity contribution in [3.8, 4) is 0 Å². The zero-order valence-electron chi connectivity index (χ0n) is 15.6. The SMILES string of the molecule is Cc1nc([C@@H]2CCO[C@@H]2CN(C)C(=O)c2c(C3CCC3)cnn2C)n[nH]1. The standard InChI is InChI=1S/C18H26N6O2/c1-11-20-17(22-21-11)13-7-8-26-15(13)10-23(2)18(25)16-14(9-19-24(16)3)12-5-4-6-12/h9,12-13,15H,4-8,10H2,1-3H3,(H,20,21,22)/t13-,15-/m1/s1. The molecule has 0 radical (unpaired) electrons. The molecule has 2 aliphatic rings. The number of aryl methyl sites for hydroxylation is 2. The van der Waals surface area contributed by atoms with E-state index in [1.165, 1.54) is 6.42 Å². The number of ether oxygens (including phenoxy) is 1. The molecule has 8 heteroatoms. The average molecular weight is 358 g/mol. The minimum Gasteiger partial charge on any atom is -0.376 e. The number of carbonyl (C=O) groups excluding carboxylic acids is 1. The normalized spacial score (nSPS) is 23.2. The van der Waals surface area contributed by atoms with Crippen LogP contribution in [0.1, 0.15) is 65.2 Å². The van der Waals surface area contributed by atoms with Gasteiger partial charge in [0.25, 0.3) is 5.91 Å². The number of amides is 1. The lowest BCUT2D eigenvalue weighted by molar-refractivity contribution is 0.0541. The van der Waals surface area contributed by atoms with Gasteiger partial charge in [-0.3, -0.25) is 14.6 Å². The number of carbonyl (C=O) groups is 1. The summed E-state index contributed by atoms with van der Waals surface area (Å²) >= 11 is 0. The number of H-pyrrole nitrogens is 1. The number of hydrogen-bond acceptors (Lipinski definition) is 5. The Morgan fingerprint density at radius 3 is 2.88 bits per heavy atom. The molecule has 1 saturated carbocycles. The predicted octanol–water partition coefficient (Wildman–Crippen LogP) is 1.76. The van der Waals surface area contributed by atoms with Crippen LogP contribution < -0.4 is 0 Å². The van der Waals surface area contributed by atoms with Crippen molar-refractivity contribution < 1.29 is 9.53 Å². The summed E-state index contributed by atoms with van der Waals surface area (Å²) in [6.45, 7) is 3.08. The Morgan fingerprint density at radius 2 is 2.23 bits per heavy atom. The number of likely N-dealkylation sites (N-methyl/N-ethyl adjacent to an activating group) is 1. The maximum Gasteiger partial charge on any atom is 0.272 e. The van der Waals surface area contributed by atoms with E-state index in [9.17, 15) is 4.79 Å². The second kappa shape index (κ2) is 6.83. The van der Waals surface area contributed by atoms with Crippen molar-refractivity contribution in [1.29, 1.82) is 0 Å². The average Bonchev–Trinajstić information content (AvgIpc) is 3.26. The van der Waals surface area contributed by atoms with E-state index in [-0.39, 0.29) is 17.9 Å². The van der Waals surface area contributed by atoms with Crippen LogP contribution in [0.25, 0.3) is 0 Å². The molecule has 1 N–H and O–H groups in total. The zero-order chi connectivity index (χ0) is 18.3. The van der Waals surface area contributed by atoms with Gasteiger partial charge in [0.05, 0.1) is 18.2 Å². The quantitative estimate of drug-likeness (QED) is 0.880. The highest BCUT2D eigenvalue weighted by molar-refractivity contribution is 5.94. The monoisotopic (exact) mass is 358 g/mol. The van der Waals surface area contributed by atoms with E-state index < -0.39 is 0 Å². The summed E-state index contributed by atoms with van der Waals surface area (Å²) in [4.78, 5) is 19.3. The summed E-state index contributed by atoms with van der Waals surface area (Å²) in [5.41, 5.74) is 1.80. The first kappa shape index (κ1) is 17.2. The number of hydrogen-bond donors (Lipinski definition) is 1. The van der Waals surface area contributed by atoms with E-state index in [1.54, 1.807) is 9.58 Å². The molecule has 1 aliphatic carbocycles. The molecule has 8 nitrogen and oxygen atoms in total. The lowest BCUT2D eigenvalue weighted by Gasteiger charge is -2.28. The lowest BCUT2D eigenvalue weighted by atomic mass is 9.80. The molecule has 4 rings (SSSR count). The van der Waals surface area contributed by atoms with Gasteiger partial charge in [-0.1, -0.05) is 6.42 Å². The van der Waals surface area contributed by atoms with Crippen molar-refractivity contribution in [1.82, 2.24) is 29.9 Å². The van der Waals surface area contributed by atoms with Crippen LogP contribution in [0.15, 0.2) is 6.20 Å². The Balaban J connectivity index is 1.48. The number of rotatable bonds is 5. The zero-order valence-corrected chi connectivity index (χ0v) is 15.6. The first-order valence-electron chi connectivity index (χ1n) is 9.32. The predicted molar refractivity (Wildman–Crippen MR) is 95.0 cm³/mol. The largest absolute Gasteiger partial charge is 0.376 e. The van der Waals surface area contributed by atoms with E-state index in [0.717, 1.165) is 36.5 Å². The molecule has 0 spiro atoms. The minimum absolute atomic E-state index is 0.00678. The van der Waals surface area contributed by atoms with Gasteiger partial charge >= 0.3 is 0 Å². The first-order chi connectivity index (χ1) is 12.5. The fraction of sp³-hybridized carbons (Fsp3) is 0.667. The number of aromatic nitrogens is 5. The van der Waals surface area contributed by atoms with E-state index in [2.05, 4.69) is 20.3 Å². The molecule has 0 aromatic carbocycles. The third-order valence-corrected chi connectivity index (χ3v) is 5.67. The summed E-state index contributed by atoms with van der Waals surface area (Å²) < 4.78 is 7.60. The van der Waals surface area contributed by atoms with Gasteiger partial charge in [0.15, 0.2) is 5.82 Å². The molecule has 2 fully saturated rings. The van der Waals surface area contributed by atoms with Crippen molar-refractivity contribution in [3.05, 3.63) is 29.1 Å². The molecule has 2 atom stereocenters. The Hall–Kier alpha value is -2.22. The van der Waals surface area contributed by atoms with Gasteiger partial charge in [-0.25, -0.2) is 4.98 Å². The molecular formula is C18H26N6O2. The highest BCUT2D eigenvalue weighted by Crippen LogP contribution is 2.38. The van der Waals surface area contributed by atoms with Crippen molar-refractivity contribution in [3.63, 3.8) is 0 Å². The van der Waals surface area contributed by atoms with Gasteiger partial charge in [0.2, 0.25) is 0 Å². The first-order valence-corrected chi connectivity index (χ1v) is 9.32. The molecule has 0 bridgehead atoms. The van der Waals surface area contributed by atoms with Crippen LogP contribution in [-0.2, 0) is 11.8 Å². The van der Waals surface area contributed by atoms with Crippen molar-refractivity contribution in [2.75, 3.05) is 20.2 Å². The topological polar surface area (TPSA) is 88.9 Å². The molecule has 2 aromatic heterocycles. The Bertz CT molecular complexity index is 793. The van der Waals surface area contributed by atoms with Crippen LogP contribution in [0.2, 0.25) is 0 Å². The molecule has 140 valence electrons. The van der Waals surface area contributed by atoms with Gasteiger partial charge in [-0.05, 0) is 32.1 Å². The van der Waals surface area contributed by atoms with E-state index in [0.29, 0.717) is 24.8 Å². The third-order valence-electron chi connectivity index (χ3n) is 5.67. The van der Waals surface area contributed by atoms with Crippen LogP contribution >= 0.6 is 0 Å². The maximum absolute atomic E-state index is 13.1. The molecule has 2 aromatic rings. The summed E-state index contributed by atoms with van der Waals surface area (Å²) in [7, 11) is 3.68. The Morgan fingerprint density at radius 1 is 1.42 bits per heavy atom. The fourth-order valence-electron chi connectivity index (χ4n) is 3.92. The van der Waals surface area contributed by atoms with Crippen LogP contribution in [0, 0.1) is 6.92 Å². The van der Waals surface area contributed by atoms with Gasteiger partial charge in [-0.2, -0.15) is 10.2 Å². The summed E-state index contributed by atoms with van der Waals surface area (Å²) in [6, 6.07) is 0. The Labute approximate surface area is 152 Å². The lowest BCUT2D eigenvalue weighted by Crippen LogP contribution is -2.38. The van der Waals surface area contributed by atoms with Gasteiger partial charge < -0.3 is 9.64 Å². The number of nitrogens with zero attached hydrogens (tertiary/aromatic N) is 5. The third kappa shape index (κ3) is 3.02. The second-order valence-electron chi connectivity index (χ2n) is 7.47. The summed E-state index contributed by atoms with van der Waals surface area (Å²) in [5, 5.41) is 11.5. The second-order valence-corrected chi connectivity index (χ2v) is 7.47. The molecule has 1 saturated heterocycles. The van der Waals surface area contributed by atoms with Crippen LogP contribution in [0.5, 0.6) is 0 Å². The Kier molecular flexibility index (Phi) is 4.52. The van der Waals surface area contributed by atoms with E-state index >= 15 is 0 Å². The number of nitrogens with one attached hydrogen (secondary N) is 1. The van der Waals surface area contributed by atoms with Gasteiger partial charge in [0.1, 0.15) is 11.5 Å². The van der Waals surface area contributed by atoms with Crippen molar-refractivity contribution >= 4 is 5.91 Å². The summed E-state index contributed by atoms with van der Waals surface area (Å²) in [5.74, 6) is 2.18. The molecular weight excluding hydrogens is 332 g/mol. The van der Waals surface area contributed by atoms with E-state index in [1.807, 2.05) is 27.2 Å². The van der Waals surface area contributed by atoms with Gasteiger partial charge in [-0.15, -0.1) is 0 Å². The molecule has 1 amide bonds.